The summed E-state index contributed by atoms with van der Waals surface area (Å²) < 4.78 is 0. The summed E-state index contributed by atoms with van der Waals surface area (Å²) in [6.45, 7) is 0. The van der Waals surface area contributed by atoms with Crippen LogP contribution in [0.5, 0.6) is 0 Å². The van der Waals surface area contributed by atoms with Crippen LogP contribution >= 0.6 is 11.6 Å². The minimum absolute atomic E-state index is 0.529. The van der Waals surface area contributed by atoms with Crippen molar-refractivity contribution in [1.82, 2.24) is 4.98 Å². The minimum Gasteiger partial charge on any atom is -0.260 e. The van der Waals surface area contributed by atoms with Crippen molar-refractivity contribution in [2.45, 2.75) is 5.41 Å². The summed E-state index contributed by atoms with van der Waals surface area (Å²) in [4.78, 5) is 4.90. The molecule has 1 aliphatic carbocycles. The molecule has 0 radical (unpaired) electrons. The van der Waals surface area contributed by atoms with Gasteiger partial charge in [-0.05, 0) is 51.2 Å². The fourth-order valence-corrected chi connectivity index (χ4v) is 5.39. The Kier molecular flexibility index (Phi) is 3.81. The van der Waals surface area contributed by atoms with E-state index in [9.17, 15) is 0 Å². The molecule has 1 nitrogen and oxygen atoms in total. The molecule has 1 heterocycles. The zero-order chi connectivity index (χ0) is 20.1. The highest BCUT2D eigenvalue weighted by atomic mass is 35.5. The average Bonchev–Trinajstić information content (AvgIpc) is 3.13. The van der Waals surface area contributed by atoms with Crippen molar-refractivity contribution in [2.75, 3.05) is 0 Å². The molecular weight excluding hydrogens is 386 g/mol. The molecule has 0 aliphatic heterocycles. The lowest BCUT2D eigenvalue weighted by atomic mass is 9.68. The van der Waals surface area contributed by atoms with Gasteiger partial charge in [0.15, 0.2) is 0 Å². The number of pyridine rings is 1. The summed E-state index contributed by atoms with van der Waals surface area (Å²) in [5, 5.41) is 3.23. The summed E-state index contributed by atoms with van der Waals surface area (Å²) >= 11 is 6.83. The van der Waals surface area contributed by atoms with E-state index in [1.807, 2.05) is 18.3 Å². The molecule has 0 saturated carbocycles. The Morgan fingerprint density at radius 2 is 1.47 bits per heavy atom. The first-order chi connectivity index (χ1) is 14.8. The molecule has 5 aromatic rings. The zero-order valence-corrected chi connectivity index (χ0v) is 17.0. The SMILES string of the molecule is Clc1cccc2c1-c1ccc3ccccc3c1C2(c1ccccc1)c1ccccn1. The smallest absolute Gasteiger partial charge is 0.0892 e. The van der Waals surface area contributed by atoms with Gasteiger partial charge in [-0.3, -0.25) is 4.98 Å². The molecule has 0 N–H and O–H groups in total. The summed E-state index contributed by atoms with van der Waals surface area (Å²) in [6.07, 6.45) is 1.88. The van der Waals surface area contributed by atoms with E-state index < -0.39 is 5.41 Å². The predicted molar refractivity (Wildman–Crippen MR) is 124 cm³/mol. The number of hydrogen-bond donors (Lipinski definition) is 0. The molecule has 0 saturated heterocycles. The average molecular weight is 404 g/mol. The van der Waals surface area contributed by atoms with Gasteiger partial charge >= 0.3 is 0 Å². The second-order valence-corrected chi connectivity index (χ2v) is 8.11. The molecule has 0 spiro atoms. The first-order valence-corrected chi connectivity index (χ1v) is 10.5. The molecule has 142 valence electrons. The van der Waals surface area contributed by atoms with Gasteiger partial charge in [0.25, 0.3) is 0 Å². The third-order valence-electron chi connectivity index (χ3n) is 6.25. The van der Waals surface area contributed by atoms with Crippen LogP contribution in [0.4, 0.5) is 0 Å². The predicted octanol–water partition coefficient (Wildman–Crippen LogP) is 7.25. The normalized spacial score (nSPS) is 17.0. The number of benzene rings is 4. The Morgan fingerprint density at radius 1 is 0.667 bits per heavy atom. The number of aromatic nitrogens is 1. The van der Waals surface area contributed by atoms with Crippen LogP contribution in [0.15, 0.2) is 109 Å². The van der Waals surface area contributed by atoms with E-state index in [4.69, 9.17) is 16.6 Å². The maximum Gasteiger partial charge on any atom is 0.0892 e. The van der Waals surface area contributed by atoms with Crippen LogP contribution in [-0.2, 0) is 5.41 Å². The van der Waals surface area contributed by atoms with Crippen LogP contribution in [0.25, 0.3) is 21.9 Å². The van der Waals surface area contributed by atoms with E-state index >= 15 is 0 Å². The molecule has 1 aromatic heterocycles. The van der Waals surface area contributed by atoms with Gasteiger partial charge in [0.1, 0.15) is 0 Å². The lowest BCUT2D eigenvalue weighted by Gasteiger charge is -2.33. The van der Waals surface area contributed by atoms with Gasteiger partial charge in [0.05, 0.1) is 11.1 Å². The highest BCUT2D eigenvalue weighted by Crippen LogP contribution is 2.58. The van der Waals surface area contributed by atoms with Crippen LogP contribution in [0.1, 0.15) is 22.4 Å². The molecular formula is C28H18ClN. The third-order valence-corrected chi connectivity index (χ3v) is 6.56. The quantitative estimate of drug-likeness (QED) is 0.296. The van der Waals surface area contributed by atoms with Crippen molar-refractivity contribution in [3.63, 3.8) is 0 Å². The molecule has 0 amide bonds. The Labute approximate surface area is 180 Å². The molecule has 4 aromatic carbocycles. The van der Waals surface area contributed by atoms with Crippen molar-refractivity contribution in [1.29, 1.82) is 0 Å². The largest absolute Gasteiger partial charge is 0.260 e. The Morgan fingerprint density at radius 3 is 2.30 bits per heavy atom. The number of nitrogens with zero attached hydrogens (tertiary/aromatic N) is 1. The third kappa shape index (κ3) is 2.21. The van der Waals surface area contributed by atoms with Gasteiger partial charge in [-0.25, -0.2) is 0 Å². The molecule has 1 atom stereocenters. The van der Waals surface area contributed by atoms with Gasteiger partial charge in [-0.2, -0.15) is 0 Å². The van der Waals surface area contributed by atoms with Crippen LogP contribution in [0, 0.1) is 0 Å². The van der Waals surface area contributed by atoms with Gasteiger partial charge in [-0.1, -0.05) is 96.5 Å². The van der Waals surface area contributed by atoms with Crippen LogP contribution in [0.3, 0.4) is 0 Å². The minimum atomic E-state index is -0.529. The summed E-state index contributed by atoms with van der Waals surface area (Å²) in [6, 6.07) is 36.1. The zero-order valence-electron chi connectivity index (χ0n) is 16.2. The maximum absolute atomic E-state index is 6.83. The summed E-state index contributed by atoms with van der Waals surface area (Å²) in [5.74, 6) is 0. The topological polar surface area (TPSA) is 12.9 Å². The first kappa shape index (κ1) is 17.4. The van der Waals surface area contributed by atoms with Crippen molar-refractivity contribution in [2.24, 2.45) is 0 Å². The fourth-order valence-electron chi connectivity index (χ4n) is 5.12. The van der Waals surface area contributed by atoms with E-state index in [0.29, 0.717) is 0 Å². The molecule has 1 unspecified atom stereocenters. The van der Waals surface area contributed by atoms with Gasteiger partial charge in [-0.15, -0.1) is 0 Å². The molecule has 6 rings (SSSR count). The van der Waals surface area contributed by atoms with Gasteiger partial charge in [0.2, 0.25) is 0 Å². The van der Waals surface area contributed by atoms with E-state index in [2.05, 4.69) is 91.0 Å². The Hall–Kier alpha value is -3.42. The first-order valence-electron chi connectivity index (χ1n) is 10.1. The van der Waals surface area contributed by atoms with E-state index in [1.54, 1.807) is 0 Å². The van der Waals surface area contributed by atoms with E-state index in [0.717, 1.165) is 16.3 Å². The van der Waals surface area contributed by atoms with Crippen molar-refractivity contribution in [3.05, 3.63) is 137 Å². The van der Waals surface area contributed by atoms with Crippen LogP contribution in [0.2, 0.25) is 5.02 Å². The van der Waals surface area contributed by atoms with Gasteiger partial charge in [0, 0.05) is 16.8 Å². The number of hydrogen-bond acceptors (Lipinski definition) is 1. The van der Waals surface area contributed by atoms with Crippen molar-refractivity contribution in [3.8, 4) is 11.1 Å². The van der Waals surface area contributed by atoms with Gasteiger partial charge < -0.3 is 0 Å². The lowest BCUT2D eigenvalue weighted by molar-refractivity contribution is 0.741. The Bertz CT molecular complexity index is 1350. The molecule has 0 fully saturated rings. The lowest BCUT2D eigenvalue weighted by Crippen LogP contribution is -2.30. The van der Waals surface area contributed by atoms with Crippen molar-refractivity contribution < 1.29 is 0 Å². The monoisotopic (exact) mass is 403 g/mol. The standard InChI is InChI=1S/C28H18ClN/c29-24-14-8-13-23-26(24)22-17-16-19-9-4-5-12-21(19)27(22)28(23,20-10-2-1-3-11-20)25-15-6-7-18-30-25/h1-18H. The van der Waals surface area contributed by atoms with Crippen LogP contribution < -0.4 is 0 Å². The second kappa shape index (κ2) is 6.55. The number of halogens is 1. The van der Waals surface area contributed by atoms with Crippen molar-refractivity contribution >= 4 is 22.4 Å². The van der Waals surface area contributed by atoms with E-state index in [1.165, 1.54) is 33.0 Å². The summed E-state index contributed by atoms with van der Waals surface area (Å²) in [7, 11) is 0. The number of rotatable bonds is 2. The molecule has 1 aliphatic rings. The molecule has 0 bridgehead atoms. The highest BCUT2D eigenvalue weighted by Gasteiger charge is 2.48. The maximum atomic E-state index is 6.83. The summed E-state index contributed by atoms with van der Waals surface area (Å²) in [5.41, 5.74) is 6.41. The highest BCUT2D eigenvalue weighted by molar-refractivity contribution is 6.34. The Balaban J connectivity index is 1.90. The molecule has 30 heavy (non-hydrogen) atoms. The van der Waals surface area contributed by atoms with Crippen LogP contribution in [-0.4, -0.2) is 4.98 Å². The molecule has 2 heteroatoms. The number of fused-ring (bicyclic) bond motifs is 5. The fraction of sp³-hybridized carbons (Fsp3) is 0.0357. The second-order valence-electron chi connectivity index (χ2n) is 7.70. The van der Waals surface area contributed by atoms with E-state index in [-0.39, 0.29) is 0 Å².